The van der Waals surface area contributed by atoms with Crippen molar-refractivity contribution < 1.29 is 5.11 Å². The van der Waals surface area contributed by atoms with E-state index < -0.39 is 6.10 Å². The van der Waals surface area contributed by atoms with E-state index in [1.807, 2.05) is 11.6 Å². The highest BCUT2D eigenvalue weighted by molar-refractivity contribution is 8.02. The molecule has 2 heterocycles. The van der Waals surface area contributed by atoms with Crippen LogP contribution in [0.4, 0.5) is 0 Å². The van der Waals surface area contributed by atoms with Crippen molar-refractivity contribution in [3.8, 4) is 0 Å². The number of aromatic nitrogens is 2. The Bertz CT molecular complexity index is 355. The first-order valence-corrected chi connectivity index (χ1v) is 5.50. The van der Waals surface area contributed by atoms with Crippen LogP contribution in [0.1, 0.15) is 29.8 Å². The molecular weight excluding hydrogens is 222 g/mol. The molecule has 0 saturated heterocycles. The van der Waals surface area contributed by atoms with Crippen LogP contribution in [-0.4, -0.2) is 15.3 Å². The third-order valence-corrected chi connectivity index (χ3v) is 3.28. The Morgan fingerprint density at radius 3 is 3.00 bits per heavy atom. The zero-order valence-corrected chi connectivity index (χ0v) is 9.06. The van der Waals surface area contributed by atoms with Gasteiger partial charge in [-0.25, -0.2) is 0 Å². The van der Waals surface area contributed by atoms with E-state index in [1.165, 1.54) is 0 Å². The summed E-state index contributed by atoms with van der Waals surface area (Å²) in [7, 11) is 0. The molecule has 1 aromatic rings. The largest absolute Gasteiger partial charge is 0.387 e. The van der Waals surface area contributed by atoms with Gasteiger partial charge in [-0.2, -0.15) is 5.10 Å². The molecule has 3 N–H and O–H groups in total. The van der Waals surface area contributed by atoms with Gasteiger partial charge in [0, 0.05) is 6.20 Å². The molecule has 2 unspecified atom stereocenters. The molecule has 0 saturated carbocycles. The Kier molecular flexibility index (Phi) is 2.71. The maximum Gasteiger partial charge on any atom is 0.122 e. The van der Waals surface area contributed by atoms with Crippen LogP contribution < -0.4 is 5.32 Å². The lowest BCUT2D eigenvalue weighted by Gasteiger charge is -2.07. The van der Waals surface area contributed by atoms with Gasteiger partial charge < -0.3 is 10.4 Å². The van der Waals surface area contributed by atoms with Crippen LogP contribution in [0.3, 0.4) is 0 Å². The maximum absolute atomic E-state index is 9.36. The van der Waals surface area contributed by atoms with Crippen LogP contribution in [0, 0.1) is 0 Å². The van der Waals surface area contributed by atoms with E-state index in [0.717, 1.165) is 5.69 Å². The summed E-state index contributed by atoms with van der Waals surface area (Å²) in [6.45, 7) is 1.65. The number of rotatable bonds is 2. The molecule has 1 aliphatic rings. The zero-order chi connectivity index (χ0) is 10.1. The molecule has 1 aromatic heterocycles. The average Bonchev–Trinajstić information content (AvgIpc) is 2.71. The van der Waals surface area contributed by atoms with Gasteiger partial charge in [0.15, 0.2) is 0 Å². The molecule has 2 atom stereocenters. The van der Waals surface area contributed by atoms with Crippen LogP contribution in [-0.2, 0) is 0 Å². The lowest BCUT2D eigenvalue weighted by atomic mass is 10.2. The first-order valence-electron chi connectivity index (χ1n) is 4.18. The minimum absolute atomic E-state index is 0.0475. The van der Waals surface area contributed by atoms with Gasteiger partial charge in [0.1, 0.15) is 11.1 Å². The van der Waals surface area contributed by atoms with Crippen LogP contribution >= 0.6 is 23.4 Å². The Hall–Kier alpha value is -0.650. The topological polar surface area (TPSA) is 60.9 Å². The summed E-state index contributed by atoms with van der Waals surface area (Å²) < 4.78 is 0. The standard InChI is InChI=1S/C8H10ClN3OS/c1-4(13)6-5(9)7(12-11-6)8-10-2-3-14-8/h2-4,8,10,13H,1H3,(H,11,12). The van der Waals surface area contributed by atoms with Gasteiger partial charge >= 0.3 is 0 Å². The number of halogens is 1. The number of hydrogen-bond donors (Lipinski definition) is 3. The molecule has 1 aliphatic heterocycles. The smallest absolute Gasteiger partial charge is 0.122 e. The zero-order valence-electron chi connectivity index (χ0n) is 7.49. The SMILES string of the molecule is CC(O)c1[nH]nc(C2NC=CS2)c1Cl. The van der Waals surface area contributed by atoms with E-state index in [1.54, 1.807) is 18.7 Å². The maximum atomic E-state index is 9.36. The van der Waals surface area contributed by atoms with Crippen LogP contribution in [0.2, 0.25) is 5.02 Å². The quantitative estimate of drug-likeness (QED) is 0.728. The van der Waals surface area contributed by atoms with E-state index in [2.05, 4.69) is 15.5 Å². The van der Waals surface area contributed by atoms with E-state index in [0.29, 0.717) is 10.7 Å². The minimum Gasteiger partial charge on any atom is -0.387 e. The second-order valence-corrected chi connectivity index (χ2v) is 4.39. The van der Waals surface area contributed by atoms with Crippen molar-refractivity contribution in [3.05, 3.63) is 28.0 Å². The highest BCUT2D eigenvalue weighted by Gasteiger charge is 2.23. The molecule has 4 nitrogen and oxygen atoms in total. The second kappa shape index (κ2) is 3.84. The van der Waals surface area contributed by atoms with Gasteiger partial charge in [0.2, 0.25) is 0 Å². The van der Waals surface area contributed by atoms with Gasteiger partial charge in [-0.1, -0.05) is 11.6 Å². The van der Waals surface area contributed by atoms with Crippen LogP contribution in [0.5, 0.6) is 0 Å². The molecule has 14 heavy (non-hydrogen) atoms. The van der Waals surface area contributed by atoms with E-state index in [9.17, 15) is 5.11 Å². The van der Waals surface area contributed by atoms with Crippen molar-refractivity contribution in [3.63, 3.8) is 0 Å². The summed E-state index contributed by atoms with van der Waals surface area (Å²) in [6, 6.07) is 0. The monoisotopic (exact) mass is 231 g/mol. The lowest BCUT2D eigenvalue weighted by molar-refractivity contribution is 0.194. The van der Waals surface area contributed by atoms with Gasteiger partial charge in [-0.15, -0.1) is 11.8 Å². The number of hydrogen-bond acceptors (Lipinski definition) is 4. The normalized spacial score (nSPS) is 22.4. The van der Waals surface area contributed by atoms with Crippen molar-refractivity contribution in [2.24, 2.45) is 0 Å². The molecule has 76 valence electrons. The fraction of sp³-hybridized carbons (Fsp3) is 0.375. The van der Waals surface area contributed by atoms with Crippen LogP contribution in [0.25, 0.3) is 0 Å². The molecule has 2 rings (SSSR count). The lowest BCUT2D eigenvalue weighted by Crippen LogP contribution is -2.07. The third kappa shape index (κ3) is 1.63. The highest BCUT2D eigenvalue weighted by Crippen LogP contribution is 2.36. The summed E-state index contributed by atoms with van der Waals surface area (Å²) in [5.41, 5.74) is 1.30. The number of H-pyrrole nitrogens is 1. The Balaban J connectivity index is 2.26. The van der Waals surface area contributed by atoms with Gasteiger partial charge in [-0.3, -0.25) is 5.10 Å². The number of aliphatic hydroxyl groups is 1. The van der Waals surface area contributed by atoms with Crippen molar-refractivity contribution in [1.29, 1.82) is 0 Å². The molecule has 0 radical (unpaired) electrons. The molecule has 0 aliphatic carbocycles. The molecular formula is C8H10ClN3OS. The second-order valence-electron chi connectivity index (χ2n) is 3.00. The predicted octanol–water partition coefficient (Wildman–Crippen LogP) is 1.92. The summed E-state index contributed by atoms with van der Waals surface area (Å²) in [5.74, 6) is 0. The van der Waals surface area contributed by atoms with Gasteiger partial charge in [0.25, 0.3) is 0 Å². The minimum atomic E-state index is -0.622. The summed E-state index contributed by atoms with van der Waals surface area (Å²) in [4.78, 5) is 0. The van der Waals surface area contributed by atoms with Crippen molar-refractivity contribution >= 4 is 23.4 Å². The average molecular weight is 232 g/mol. The summed E-state index contributed by atoms with van der Waals surface area (Å²) in [5, 5.41) is 21.8. The summed E-state index contributed by atoms with van der Waals surface area (Å²) >= 11 is 7.66. The fourth-order valence-electron chi connectivity index (χ4n) is 1.23. The van der Waals surface area contributed by atoms with Crippen molar-refractivity contribution in [2.45, 2.75) is 18.4 Å². The fourth-order valence-corrected chi connectivity index (χ4v) is 2.42. The third-order valence-electron chi connectivity index (χ3n) is 1.95. The van der Waals surface area contributed by atoms with Gasteiger partial charge in [-0.05, 0) is 12.3 Å². The molecule has 0 spiro atoms. The van der Waals surface area contributed by atoms with Crippen LogP contribution in [0.15, 0.2) is 11.6 Å². The molecule has 0 aromatic carbocycles. The molecule has 0 amide bonds. The molecule has 6 heteroatoms. The van der Waals surface area contributed by atoms with E-state index >= 15 is 0 Å². The van der Waals surface area contributed by atoms with Crippen molar-refractivity contribution in [2.75, 3.05) is 0 Å². The summed E-state index contributed by atoms with van der Waals surface area (Å²) in [6.07, 6.45) is 1.23. The van der Waals surface area contributed by atoms with E-state index in [4.69, 9.17) is 11.6 Å². The number of nitrogens with zero attached hydrogens (tertiary/aromatic N) is 1. The first-order chi connectivity index (χ1) is 6.70. The number of nitrogens with one attached hydrogen (secondary N) is 2. The Morgan fingerprint density at radius 2 is 2.50 bits per heavy atom. The number of thioether (sulfide) groups is 1. The molecule has 0 fully saturated rings. The van der Waals surface area contributed by atoms with E-state index in [-0.39, 0.29) is 5.37 Å². The highest BCUT2D eigenvalue weighted by atomic mass is 35.5. The van der Waals surface area contributed by atoms with Crippen molar-refractivity contribution in [1.82, 2.24) is 15.5 Å². The molecule has 0 bridgehead atoms. The Morgan fingerprint density at radius 1 is 1.71 bits per heavy atom. The number of aliphatic hydroxyl groups excluding tert-OH is 1. The Labute approximate surface area is 90.7 Å². The predicted molar refractivity (Wildman–Crippen MR) is 56.8 cm³/mol. The first kappa shape index (κ1) is 9.89. The van der Waals surface area contributed by atoms with Gasteiger partial charge in [0.05, 0.1) is 16.8 Å². The number of aromatic amines is 1.